The van der Waals surface area contributed by atoms with Gasteiger partial charge in [-0.1, -0.05) is 6.07 Å². The molecule has 1 aromatic carbocycles. The molecule has 3 aromatic rings. The van der Waals surface area contributed by atoms with Crippen molar-refractivity contribution in [3.63, 3.8) is 0 Å². The molecule has 0 bridgehead atoms. The molecule has 3 heterocycles. The second-order valence-electron chi connectivity index (χ2n) is 6.95. The Morgan fingerprint density at radius 3 is 2.52 bits per heavy atom. The minimum atomic E-state index is -0.0695. The fraction of sp³-hybridized carbons (Fsp3) is 0.238. The van der Waals surface area contributed by atoms with Gasteiger partial charge in [-0.2, -0.15) is 0 Å². The minimum absolute atomic E-state index is 0.0469. The third-order valence-electron chi connectivity index (χ3n) is 4.90. The smallest absolute Gasteiger partial charge is 0.174 e. The van der Waals surface area contributed by atoms with Crippen LogP contribution in [0.3, 0.4) is 0 Å². The molecule has 138 valence electrons. The highest BCUT2D eigenvalue weighted by Gasteiger charge is 2.42. The predicted octanol–water partition coefficient (Wildman–Crippen LogP) is 4.35. The molecule has 2 N–H and O–H groups in total. The Morgan fingerprint density at radius 2 is 1.85 bits per heavy atom. The fourth-order valence-corrected chi connectivity index (χ4v) is 4.02. The Hall–Kier alpha value is -2.86. The van der Waals surface area contributed by atoms with E-state index in [0.29, 0.717) is 11.2 Å². The number of phenolic OH excluding ortho intramolecular Hbond substituents is 1. The van der Waals surface area contributed by atoms with Crippen LogP contribution in [0.5, 0.6) is 5.75 Å². The largest absolute Gasteiger partial charge is 0.508 e. The molecular weight excluding hydrogens is 356 g/mol. The van der Waals surface area contributed by atoms with Crippen LogP contribution in [0.15, 0.2) is 67.0 Å². The van der Waals surface area contributed by atoms with Crippen molar-refractivity contribution in [3.8, 4) is 5.75 Å². The van der Waals surface area contributed by atoms with E-state index in [9.17, 15) is 5.11 Å². The molecule has 1 saturated heterocycles. The molecule has 1 aliphatic rings. The normalized spacial score (nSPS) is 19.5. The number of pyridine rings is 1. The quantitative estimate of drug-likeness (QED) is 0.661. The lowest BCUT2D eigenvalue weighted by molar-refractivity contribution is 0.475. The van der Waals surface area contributed by atoms with Gasteiger partial charge >= 0.3 is 0 Å². The third-order valence-corrected chi connectivity index (χ3v) is 5.21. The SMILES string of the molecule is CC(C)n1cccc1[C@@H]1[C@@H](c2ccccn2)NC(=S)N1c1ccc(O)cc1. The topological polar surface area (TPSA) is 53.3 Å². The van der Waals surface area contributed by atoms with Crippen molar-refractivity contribution < 1.29 is 5.11 Å². The highest BCUT2D eigenvalue weighted by molar-refractivity contribution is 7.80. The lowest BCUT2D eigenvalue weighted by atomic mass is 10.0. The van der Waals surface area contributed by atoms with Gasteiger partial charge in [0.25, 0.3) is 0 Å². The Labute approximate surface area is 164 Å². The van der Waals surface area contributed by atoms with E-state index in [1.54, 1.807) is 12.1 Å². The Bertz CT molecular complexity index is 936. The van der Waals surface area contributed by atoms with Crippen LogP contribution < -0.4 is 10.2 Å². The number of anilines is 1. The minimum Gasteiger partial charge on any atom is -0.508 e. The molecule has 6 heteroatoms. The number of rotatable bonds is 4. The molecule has 4 rings (SSSR count). The third kappa shape index (κ3) is 3.17. The van der Waals surface area contributed by atoms with Crippen LogP contribution in [0.25, 0.3) is 0 Å². The van der Waals surface area contributed by atoms with Crippen molar-refractivity contribution in [2.75, 3.05) is 4.90 Å². The van der Waals surface area contributed by atoms with Crippen molar-refractivity contribution >= 4 is 23.0 Å². The van der Waals surface area contributed by atoms with E-state index < -0.39 is 0 Å². The van der Waals surface area contributed by atoms with Crippen molar-refractivity contribution in [2.24, 2.45) is 0 Å². The monoisotopic (exact) mass is 378 g/mol. The van der Waals surface area contributed by atoms with Gasteiger partial charge in [0.2, 0.25) is 0 Å². The van der Waals surface area contributed by atoms with Gasteiger partial charge in [0.15, 0.2) is 5.11 Å². The summed E-state index contributed by atoms with van der Waals surface area (Å²) in [5, 5.41) is 13.8. The van der Waals surface area contributed by atoms with E-state index in [0.717, 1.165) is 11.4 Å². The summed E-state index contributed by atoms with van der Waals surface area (Å²) in [5.41, 5.74) is 3.05. The van der Waals surface area contributed by atoms with Gasteiger partial charge in [-0.3, -0.25) is 4.98 Å². The molecular formula is C21H22N4OS. The summed E-state index contributed by atoms with van der Waals surface area (Å²) in [6.45, 7) is 4.34. The Balaban J connectivity index is 1.85. The van der Waals surface area contributed by atoms with E-state index in [4.69, 9.17) is 12.2 Å². The molecule has 1 fully saturated rings. The van der Waals surface area contributed by atoms with Gasteiger partial charge in [-0.05, 0) is 74.6 Å². The van der Waals surface area contributed by atoms with Gasteiger partial charge < -0.3 is 19.9 Å². The van der Waals surface area contributed by atoms with Gasteiger partial charge in [-0.25, -0.2) is 0 Å². The maximum absolute atomic E-state index is 9.68. The summed E-state index contributed by atoms with van der Waals surface area (Å²) in [6, 6.07) is 17.5. The summed E-state index contributed by atoms with van der Waals surface area (Å²) < 4.78 is 2.27. The average Bonchev–Trinajstić information content (AvgIpc) is 3.27. The maximum atomic E-state index is 9.68. The summed E-state index contributed by atoms with van der Waals surface area (Å²) in [4.78, 5) is 6.69. The summed E-state index contributed by atoms with van der Waals surface area (Å²) in [7, 11) is 0. The Morgan fingerprint density at radius 1 is 1.07 bits per heavy atom. The highest BCUT2D eigenvalue weighted by atomic mass is 32.1. The molecule has 0 spiro atoms. The molecule has 27 heavy (non-hydrogen) atoms. The molecule has 2 aromatic heterocycles. The zero-order chi connectivity index (χ0) is 19.0. The van der Waals surface area contributed by atoms with Gasteiger partial charge in [0.05, 0.1) is 11.7 Å². The fourth-order valence-electron chi connectivity index (χ4n) is 3.67. The van der Waals surface area contributed by atoms with Crippen LogP contribution >= 0.6 is 12.2 Å². The molecule has 1 aliphatic heterocycles. The van der Waals surface area contributed by atoms with Crippen LogP contribution in [-0.4, -0.2) is 19.8 Å². The van der Waals surface area contributed by atoms with Gasteiger partial charge in [-0.15, -0.1) is 0 Å². The molecule has 0 aliphatic carbocycles. The first-order chi connectivity index (χ1) is 13.1. The van der Waals surface area contributed by atoms with E-state index in [1.807, 2.05) is 36.5 Å². The highest BCUT2D eigenvalue weighted by Crippen LogP contribution is 2.42. The first-order valence-electron chi connectivity index (χ1n) is 9.02. The number of aromatic hydroxyl groups is 1. The average molecular weight is 379 g/mol. The van der Waals surface area contributed by atoms with Crippen LogP contribution in [0.2, 0.25) is 0 Å². The molecule has 0 amide bonds. The number of hydrogen-bond acceptors (Lipinski definition) is 3. The number of nitrogens with one attached hydrogen (secondary N) is 1. The van der Waals surface area contributed by atoms with E-state index in [1.165, 1.54) is 5.69 Å². The van der Waals surface area contributed by atoms with Crippen molar-refractivity contribution in [3.05, 3.63) is 78.4 Å². The molecule has 0 radical (unpaired) electrons. The zero-order valence-corrected chi connectivity index (χ0v) is 16.1. The molecule has 0 saturated carbocycles. The number of nitrogens with zero attached hydrogens (tertiary/aromatic N) is 3. The number of aromatic nitrogens is 2. The molecule has 5 nitrogen and oxygen atoms in total. The predicted molar refractivity (Wildman–Crippen MR) is 111 cm³/mol. The van der Waals surface area contributed by atoms with Gasteiger partial charge in [0.1, 0.15) is 11.8 Å². The summed E-state index contributed by atoms with van der Waals surface area (Å²) >= 11 is 5.71. The first-order valence-corrected chi connectivity index (χ1v) is 9.43. The summed E-state index contributed by atoms with van der Waals surface area (Å²) in [6.07, 6.45) is 3.91. The van der Waals surface area contributed by atoms with E-state index in [2.05, 4.69) is 51.9 Å². The number of phenols is 1. The van der Waals surface area contributed by atoms with Crippen molar-refractivity contribution in [2.45, 2.75) is 32.0 Å². The van der Waals surface area contributed by atoms with Crippen LogP contribution in [0.4, 0.5) is 5.69 Å². The summed E-state index contributed by atoms with van der Waals surface area (Å²) in [5.74, 6) is 0.236. The second-order valence-corrected chi connectivity index (χ2v) is 7.33. The Kier molecular flexibility index (Phi) is 4.58. The maximum Gasteiger partial charge on any atom is 0.174 e. The lowest BCUT2D eigenvalue weighted by Crippen LogP contribution is -2.30. The molecule has 2 atom stereocenters. The van der Waals surface area contributed by atoms with Crippen LogP contribution in [-0.2, 0) is 0 Å². The number of thiocarbonyl (C=S) groups is 1. The molecule has 0 unspecified atom stereocenters. The lowest BCUT2D eigenvalue weighted by Gasteiger charge is -2.29. The van der Waals surface area contributed by atoms with E-state index in [-0.39, 0.29) is 17.8 Å². The van der Waals surface area contributed by atoms with Crippen LogP contribution in [0, 0.1) is 0 Å². The van der Waals surface area contributed by atoms with E-state index >= 15 is 0 Å². The van der Waals surface area contributed by atoms with Gasteiger partial charge in [0, 0.05) is 29.8 Å². The van der Waals surface area contributed by atoms with Crippen molar-refractivity contribution in [1.82, 2.24) is 14.9 Å². The standard InChI is InChI=1S/C21H22N4OS/c1-14(2)24-13-5-7-18(24)20-19(17-6-3-4-12-22-17)23-21(27)25(20)15-8-10-16(26)11-9-15/h3-14,19-20,26H,1-2H3,(H,23,27)/t19-,20-/m1/s1. The van der Waals surface area contributed by atoms with Crippen molar-refractivity contribution in [1.29, 1.82) is 0 Å². The zero-order valence-electron chi connectivity index (χ0n) is 15.3. The second kappa shape index (κ2) is 7.04. The first kappa shape index (κ1) is 17.5. The van der Waals surface area contributed by atoms with Crippen LogP contribution in [0.1, 0.15) is 43.4 Å². The number of hydrogen-bond donors (Lipinski definition) is 2. The number of benzene rings is 1.